The van der Waals surface area contributed by atoms with Crippen molar-refractivity contribution in [3.8, 4) is 0 Å². The number of aliphatic hydroxyl groups excluding tert-OH is 2. The summed E-state index contributed by atoms with van der Waals surface area (Å²) in [6.45, 7) is -1.11. The van der Waals surface area contributed by atoms with Crippen LogP contribution in [0.3, 0.4) is 0 Å². The smallest absolute Gasteiger partial charge is 0.330 e. The second kappa shape index (κ2) is 8.57. The average molecular weight is 388 g/mol. The number of nitrogens with two attached hydrogens (primary N) is 2. The lowest BCUT2D eigenvalue weighted by Gasteiger charge is -2.29. The predicted molar refractivity (Wildman–Crippen MR) is 86.1 cm³/mol. The van der Waals surface area contributed by atoms with Crippen molar-refractivity contribution >= 4 is 29.5 Å². The molecule has 0 saturated heterocycles. The van der Waals surface area contributed by atoms with Gasteiger partial charge in [-0.3, -0.25) is 19.2 Å². The molecule has 13 nitrogen and oxygen atoms in total. The summed E-state index contributed by atoms with van der Waals surface area (Å²) in [7, 11) is 0. The molecule has 0 aromatic heterocycles. The molecule has 0 aliphatic carbocycles. The molecule has 0 saturated carbocycles. The Balaban J connectivity index is 3.27. The van der Waals surface area contributed by atoms with Crippen LogP contribution >= 0.6 is 0 Å². The number of ketones is 1. The lowest BCUT2D eigenvalue weighted by molar-refractivity contribution is -0.154. The quantitative estimate of drug-likeness (QED) is 0.167. The minimum Gasteiger partial charge on any atom is -0.509 e. The molecule has 27 heavy (non-hydrogen) atoms. The molecular weight excluding hydrogens is 368 g/mol. The van der Waals surface area contributed by atoms with E-state index in [-0.39, 0.29) is 6.54 Å². The molecule has 0 aromatic carbocycles. The summed E-state index contributed by atoms with van der Waals surface area (Å²) < 4.78 is 0. The van der Waals surface area contributed by atoms with E-state index < -0.39 is 77.9 Å². The molecule has 0 bridgehead atoms. The Morgan fingerprint density at radius 1 is 1.22 bits per heavy atom. The second-order valence-electron chi connectivity index (χ2n) is 5.86. The summed E-state index contributed by atoms with van der Waals surface area (Å²) in [5, 5.41) is 41.3. The van der Waals surface area contributed by atoms with Gasteiger partial charge in [0.2, 0.25) is 5.91 Å². The van der Waals surface area contributed by atoms with Gasteiger partial charge in [-0.2, -0.15) is 0 Å². The molecule has 2 amide bonds. The van der Waals surface area contributed by atoms with Gasteiger partial charge in [-0.15, -0.1) is 0 Å². The Bertz CT molecular complexity index is 705. The third-order valence-corrected chi connectivity index (χ3v) is 3.85. The highest BCUT2D eigenvalue weighted by Crippen LogP contribution is 2.24. The zero-order valence-electron chi connectivity index (χ0n) is 14.0. The molecular formula is C14H20N4O9. The van der Waals surface area contributed by atoms with Gasteiger partial charge in [-0.05, 0) is 0 Å². The molecule has 13 heteroatoms. The van der Waals surface area contributed by atoms with Gasteiger partial charge < -0.3 is 42.5 Å². The van der Waals surface area contributed by atoms with E-state index in [9.17, 15) is 34.2 Å². The zero-order chi connectivity index (χ0) is 20.9. The molecule has 1 aliphatic heterocycles. The van der Waals surface area contributed by atoms with E-state index in [0.717, 1.165) is 0 Å². The van der Waals surface area contributed by atoms with Gasteiger partial charge in [0.1, 0.15) is 17.4 Å². The number of aliphatic hydroxyl groups is 2. The Hall–Kier alpha value is -3.03. The molecule has 10 N–H and O–H groups in total. The predicted octanol–water partition coefficient (Wildman–Crippen LogP) is -4.05. The van der Waals surface area contributed by atoms with Gasteiger partial charge in [0.25, 0.3) is 5.91 Å². The van der Waals surface area contributed by atoms with Crippen LogP contribution in [0, 0.1) is 0 Å². The number of carbonyl (C=O) groups is 5. The maximum Gasteiger partial charge on any atom is 0.330 e. The second-order valence-corrected chi connectivity index (χ2v) is 5.86. The molecule has 1 rings (SSSR count). The molecule has 150 valence electrons. The first-order chi connectivity index (χ1) is 12.5. The van der Waals surface area contributed by atoms with Crippen LogP contribution in [0.25, 0.3) is 0 Å². The van der Waals surface area contributed by atoms with Gasteiger partial charge in [-0.1, -0.05) is 0 Å². The maximum atomic E-state index is 12.4. The number of amides is 2. The first kappa shape index (κ1) is 22.0. The fraction of sp³-hybridized carbons (Fsp3) is 0.500. The highest BCUT2D eigenvalue weighted by molar-refractivity contribution is 6.22. The van der Waals surface area contributed by atoms with Crippen LogP contribution in [0.2, 0.25) is 0 Å². The van der Waals surface area contributed by atoms with Crippen LogP contribution in [-0.4, -0.2) is 80.7 Å². The minimum absolute atomic E-state index is 0.240. The Kier molecular flexibility index (Phi) is 6.99. The normalized spacial score (nSPS) is 19.8. The van der Waals surface area contributed by atoms with Crippen molar-refractivity contribution in [1.29, 1.82) is 0 Å². The molecule has 3 unspecified atom stereocenters. The van der Waals surface area contributed by atoms with Gasteiger partial charge in [0.05, 0.1) is 19.1 Å². The number of carbonyl (C=O) groups excluding carboxylic acids is 3. The van der Waals surface area contributed by atoms with Gasteiger partial charge >= 0.3 is 11.9 Å². The van der Waals surface area contributed by atoms with Crippen molar-refractivity contribution in [1.82, 2.24) is 10.6 Å². The topological polar surface area (TPSA) is 242 Å². The Morgan fingerprint density at radius 2 is 1.81 bits per heavy atom. The lowest BCUT2D eigenvalue weighted by Crippen LogP contribution is -2.60. The number of carboxylic acids is 2. The van der Waals surface area contributed by atoms with Crippen molar-refractivity contribution < 1.29 is 44.4 Å². The summed E-state index contributed by atoms with van der Waals surface area (Å²) in [5.74, 6) is -7.71. The number of nitrogens with one attached hydrogen (secondary N) is 2. The molecule has 1 heterocycles. The van der Waals surface area contributed by atoms with Crippen LogP contribution in [0.1, 0.15) is 12.8 Å². The summed E-state index contributed by atoms with van der Waals surface area (Å²) in [6.07, 6.45) is -2.39. The molecule has 0 fully saturated rings. The Morgan fingerprint density at radius 3 is 2.22 bits per heavy atom. The number of hydrogen-bond donors (Lipinski definition) is 8. The van der Waals surface area contributed by atoms with Crippen molar-refractivity contribution in [2.75, 3.05) is 13.2 Å². The number of rotatable bonds is 10. The molecule has 0 aromatic rings. The van der Waals surface area contributed by atoms with Gasteiger partial charge in [-0.25, -0.2) is 4.79 Å². The SMILES string of the molecule is NCC1NC(=O)C(C(=O)CC(CC(=O)O)(NC(=O)C(N)CO)C(=O)O)=C1O. The average Bonchev–Trinajstić information content (AvgIpc) is 2.86. The van der Waals surface area contributed by atoms with Gasteiger partial charge in [0, 0.05) is 13.0 Å². The summed E-state index contributed by atoms with van der Waals surface area (Å²) in [5.41, 5.74) is 7.15. The standard InChI is InChI=1S/C14H20N4O9/c15-3-6-10(23)9(12(25)17-6)7(20)1-14(13(26)27,2-8(21)22)18-11(24)5(16)4-19/h5-6,19,23H,1-4,15-16H2,(H,17,25)(H,18,24)(H,21,22)(H,26,27). The van der Waals surface area contributed by atoms with Crippen molar-refractivity contribution in [3.63, 3.8) is 0 Å². The van der Waals surface area contributed by atoms with E-state index in [1.54, 1.807) is 0 Å². The highest BCUT2D eigenvalue weighted by Gasteiger charge is 2.47. The zero-order valence-corrected chi connectivity index (χ0v) is 14.0. The third-order valence-electron chi connectivity index (χ3n) is 3.85. The van der Waals surface area contributed by atoms with Crippen LogP contribution in [0.4, 0.5) is 0 Å². The number of carboxylic acid groups (broad SMARTS) is 2. The van der Waals surface area contributed by atoms with Crippen LogP contribution in [0.15, 0.2) is 11.3 Å². The van der Waals surface area contributed by atoms with E-state index in [4.69, 9.17) is 21.7 Å². The van der Waals surface area contributed by atoms with Crippen molar-refractivity contribution in [3.05, 3.63) is 11.3 Å². The maximum absolute atomic E-state index is 12.4. The van der Waals surface area contributed by atoms with Crippen LogP contribution < -0.4 is 22.1 Å². The van der Waals surface area contributed by atoms with E-state index in [0.29, 0.717) is 0 Å². The monoisotopic (exact) mass is 388 g/mol. The summed E-state index contributed by atoms with van der Waals surface area (Å²) in [4.78, 5) is 59.0. The Labute approximate surface area is 152 Å². The fourth-order valence-electron chi connectivity index (χ4n) is 2.42. The highest BCUT2D eigenvalue weighted by atomic mass is 16.4. The number of Topliss-reactive ketones (excluding diaryl/α,β-unsaturated/α-hetero) is 1. The number of hydrogen-bond acceptors (Lipinski definition) is 9. The van der Waals surface area contributed by atoms with Crippen LogP contribution in [-0.2, 0) is 24.0 Å². The fourth-order valence-corrected chi connectivity index (χ4v) is 2.42. The van der Waals surface area contributed by atoms with E-state index in [1.165, 1.54) is 0 Å². The molecule has 1 aliphatic rings. The van der Waals surface area contributed by atoms with Crippen molar-refractivity contribution in [2.24, 2.45) is 11.5 Å². The minimum atomic E-state index is -2.67. The van der Waals surface area contributed by atoms with Gasteiger partial charge in [0.15, 0.2) is 11.3 Å². The van der Waals surface area contributed by atoms with Crippen LogP contribution in [0.5, 0.6) is 0 Å². The first-order valence-corrected chi connectivity index (χ1v) is 7.60. The summed E-state index contributed by atoms with van der Waals surface area (Å²) >= 11 is 0. The van der Waals surface area contributed by atoms with E-state index in [1.807, 2.05) is 5.32 Å². The van der Waals surface area contributed by atoms with E-state index in [2.05, 4.69) is 5.32 Å². The summed E-state index contributed by atoms with van der Waals surface area (Å²) in [6, 6.07) is -2.62. The third kappa shape index (κ3) is 4.78. The molecule has 0 radical (unpaired) electrons. The van der Waals surface area contributed by atoms with Crippen molar-refractivity contribution in [2.45, 2.75) is 30.5 Å². The first-order valence-electron chi connectivity index (χ1n) is 7.60. The lowest BCUT2D eigenvalue weighted by atomic mass is 9.86. The number of aliphatic carboxylic acids is 2. The van der Waals surface area contributed by atoms with E-state index >= 15 is 0 Å². The molecule has 0 spiro atoms. The molecule has 3 atom stereocenters. The largest absolute Gasteiger partial charge is 0.509 e.